The van der Waals surface area contributed by atoms with Crippen molar-refractivity contribution in [3.05, 3.63) is 16.6 Å². The molecule has 2 fully saturated rings. The Labute approximate surface area is 121 Å². The highest BCUT2D eigenvalue weighted by molar-refractivity contribution is 7.09. The van der Waals surface area contributed by atoms with E-state index in [-0.39, 0.29) is 0 Å². The molecule has 0 aromatic carbocycles. The predicted octanol–water partition coefficient (Wildman–Crippen LogP) is 4.20. The van der Waals surface area contributed by atoms with Crippen LogP contribution in [0, 0.1) is 11.8 Å². The Morgan fingerprint density at radius 2 is 2.11 bits per heavy atom. The smallest absolute Gasteiger partial charge is 0.0965 e. The quantitative estimate of drug-likeness (QED) is 0.893. The molecule has 4 unspecified atom stereocenters. The lowest BCUT2D eigenvalue weighted by atomic mass is 9.69. The highest BCUT2D eigenvalue weighted by atomic mass is 32.1. The van der Waals surface area contributed by atoms with Crippen molar-refractivity contribution in [2.75, 3.05) is 6.54 Å². The van der Waals surface area contributed by atoms with Crippen molar-refractivity contribution >= 4 is 11.3 Å². The van der Waals surface area contributed by atoms with E-state index >= 15 is 0 Å². The Kier molecular flexibility index (Phi) is 4.54. The van der Waals surface area contributed by atoms with Gasteiger partial charge >= 0.3 is 0 Å². The van der Waals surface area contributed by atoms with Crippen LogP contribution in [0.3, 0.4) is 0 Å². The summed E-state index contributed by atoms with van der Waals surface area (Å²) >= 11 is 1.78. The first kappa shape index (κ1) is 13.6. The third-order valence-corrected chi connectivity index (χ3v) is 6.13. The van der Waals surface area contributed by atoms with E-state index in [0.29, 0.717) is 5.92 Å². The fraction of sp³-hybridized carbons (Fsp3) is 0.812. The SMILES string of the molecule is CC(CNC1CCC2CCCCC2C1)c1nccs1. The first-order chi connectivity index (χ1) is 9.33. The lowest BCUT2D eigenvalue weighted by Crippen LogP contribution is -2.40. The number of thiazole rings is 1. The maximum atomic E-state index is 4.42. The summed E-state index contributed by atoms with van der Waals surface area (Å²) in [6, 6.07) is 0.766. The van der Waals surface area contributed by atoms with Crippen LogP contribution in [0.2, 0.25) is 0 Å². The molecule has 0 bridgehead atoms. The van der Waals surface area contributed by atoms with E-state index in [9.17, 15) is 0 Å². The highest BCUT2D eigenvalue weighted by Crippen LogP contribution is 2.40. The molecule has 3 rings (SSSR count). The summed E-state index contributed by atoms with van der Waals surface area (Å²) in [5, 5.41) is 7.17. The molecule has 0 amide bonds. The first-order valence-corrected chi connectivity index (χ1v) is 8.83. The predicted molar refractivity (Wildman–Crippen MR) is 81.6 cm³/mol. The largest absolute Gasteiger partial charge is 0.313 e. The zero-order chi connectivity index (χ0) is 13.1. The van der Waals surface area contributed by atoms with Crippen molar-refractivity contribution in [3.8, 4) is 0 Å². The van der Waals surface area contributed by atoms with Crippen LogP contribution in [0.25, 0.3) is 0 Å². The Balaban J connectivity index is 1.46. The second-order valence-electron chi connectivity index (χ2n) is 6.49. The first-order valence-electron chi connectivity index (χ1n) is 7.95. The zero-order valence-corrected chi connectivity index (χ0v) is 12.8. The molecule has 2 saturated carbocycles. The molecular weight excluding hydrogens is 252 g/mol. The minimum absolute atomic E-state index is 0.559. The van der Waals surface area contributed by atoms with Gasteiger partial charge in [0, 0.05) is 30.1 Å². The van der Waals surface area contributed by atoms with Crippen molar-refractivity contribution in [1.29, 1.82) is 0 Å². The molecule has 0 aliphatic heterocycles. The Hall–Kier alpha value is -0.410. The van der Waals surface area contributed by atoms with Crippen LogP contribution < -0.4 is 5.32 Å². The van der Waals surface area contributed by atoms with Gasteiger partial charge in [0.2, 0.25) is 0 Å². The number of fused-ring (bicyclic) bond motifs is 1. The van der Waals surface area contributed by atoms with Gasteiger partial charge in [-0.05, 0) is 31.1 Å². The molecule has 2 nitrogen and oxygen atoms in total. The number of rotatable bonds is 4. The summed E-state index contributed by atoms with van der Waals surface area (Å²) in [5.74, 6) is 2.64. The summed E-state index contributed by atoms with van der Waals surface area (Å²) in [4.78, 5) is 4.42. The molecule has 1 N–H and O–H groups in total. The molecule has 1 heterocycles. The number of nitrogens with zero attached hydrogens (tertiary/aromatic N) is 1. The van der Waals surface area contributed by atoms with Crippen molar-refractivity contribution in [1.82, 2.24) is 10.3 Å². The maximum Gasteiger partial charge on any atom is 0.0965 e. The van der Waals surface area contributed by atoms with Crippen LogP contribution in [0.5, 0.6) is 0 Å². The van der Waals surface area contributed by atoms with Gasteiger partial charge < -0.3 is 5.32 Å². The summed E-state index contributed by atoms with van der Waals surface area (Å²) < 4.78 is 0. The lowest BCUT2D eigenvalue weighted by molar-refractivity contribution is 0.143. The van der Waals surface area contributed by atoms with E-state index < -0.39 is 0 Å². The van der Waals surface area contributed by atoms with Gasteiger partial charge in [0.25, 0.3) is 0 Å². The van der Waals surface area contributed by atoms with Gasteiger partial charge in [0.1, 0.15) is 0 Å². The zero-order valence-electron chi connectivity index (χ0n) is 12.0. The van der Waals surface area contributed by atoms with Crippen molar-refractivity contribution in [3.63, 3.8) is 0 Å². The molecule has 0 spiro atoms. The molecule has 3 heteroatoms. The average molecular weight is 278 g/mol. The Morgan fingerprint density at radius 3 is 2.89 bits per heavy atom. The summed E-state index contributed by atoms with van der Waals surface area (Å²) in [6.45, 7) is 3.38. The van der Waals surface area contributed by atoms with E-state index in [1.54, 1.807) is 11.3 Å². The van der Waals surface area contributed by atoms with Crippen LogP contribution >= 0.6 is 11.3 Å². The lowest BCUT2D eigenvalue weighted by Gasteiger charge is -2.39. The number of aromatic nitrogens is 1. The number of hydrogen-bond donors (Lipinski definition) is 1. The second kappa shape index (κ2) is 6.36. The molecule has 1 aromatic heterocycles. The topological polar surface area (TPSA) is 24.9 Å². The van der Waals surface area contributed by atoms with E-state index in [0.717, 1.165) is 24.4 Å². The molecule has 2 aliphatic carbocycles. The van der Waals surface area contributed by atoms with Gasteiger partial charge in [-0.3, -0.25) is 0 Å². The van der Waals surface area contributed by atoms with Crippen LogP contribution in [-0.4, -0.2) is 17.6 Å². The van der Waals surface area contributed by atoms with Crippen molar-refractivity contribution < 1.29 is 0 Å². The number of hydrogen-bond acceptors (Lipinski definition) is 3. The normalized spacial score (nSPS) is 32.8. The Morgan fingerprint density at radius 1 is 1.26 bits per heavy atom. The summed E-state index contributed by atoms with van der Waals surface area (Å²) in [5.41, 5.74) is 0. The standard InChI is InChI=1S/C16H26N2S/c1-12(16-17-8-9-19-16)11-18-15-7-6-13-4-2-3-5-14(13)10-15/h8-9,12-15,18H,2-7,10-11H2,1H3. The molecule has 0 saturated heterocycles. The molecule has 0 radical (unpaired) electrons. The third kappa shape index (κ3) is 3.38. The van der Waals surface area contributed by atoms with E-state index in [4.69, 9.17) is 0 Å². The monoisotopic (exact) mass is 278 g/mol. The van der Waals surface area contributed by atoms with Crippen molar-refractivity contribution in [2.24, 2.45) is 11.8 Å². The molecule has 2 aliphatic rings. The summed E-state index contributed by atoms with van der Waals surface area (Å²) in [6.07, 6.45) is 12.2. The molecular formula is C16H26N2S. The van der Waals surface area contributed by atoms with Gasteiger partial charge in [-0.15, -0.1) is 11.3 Å². The third-order valence-electron chi connectivity index (χ3n) is 5.13. The van der Waals surface area contributed by atoms with Crippen LogP contribution in [-0.2, 0) is 0 Å². The van der Waals surface area contributed by atoms with E-state index in [1.165, 1.54) is 50.0 Å². The maximum absolute atomic E-state index is 4.42. The molecule has 106 valence electrons. The van der Waals surface area contributed by atoms with Gasteiger partial charge in [-0.25, -0.2) is 4.98 Å². The Bertz CT molecular complexity index is 376. The summed E-state index contributed by atoms with van der Waals surface area (Å²) in [7, 11) is 0. The molecule has 4 atom stereocenters. The van der Waals surface area contributed by atoms with E-state index in [1.807, 2.05) is 6.20 Å². The fourth-order valence-corrected chi connectivity index (χ4v) is 4.67. The van der Waals surface area contributed by atoms with E-state index in [2.05, 4.69) is 22.6 Å². The second-order valence-corrected chi connectivity index (χ2v) is 7.42. The van der Waals surface area contributed by atoms with Gasteiger partial charge in [0.05, 0.1) is 5.01 Å². The van der Waals surface area contributed by atoms with Crippen LogP contribution in [0.4, 0.5) is 0 Å². The van der Waals surface area contributed by atoms with Gasteiger partial charge in [-0.1, -0.05) is 32.6 Å². The molecule has 1 aromatic rings. The van der Waals surface area contributed by atoms with Crippen LogP contribution in [0.15, 0.2) is 11.6 Å². The highest BCUT2D eigenvalue weighted by Gasteiger charge is 2.31. The minimum Gasteiger partial charge on any atom is -0.313 e. The van der Waals surface area contributed by atoms with Gasteiger partial charge in [0.15, 0.2) is 0 Å². The van der Waals surface area contributed by atoms with Gasteiger partial charge in [-0.2, -0.15) is 0 Å². The fourth-order valence-electron chi connectivity index (χ4n) is 3.97. The van der Waals surface area contributed by atoms with Crippen LogP contribution in [0.1, 0.15) is 62.8 Å². The molecule has 19 heavy (non-hydrogen) atoms. The number of nitrogens with one attached hydrogen (secondary N) is 1. The average Bonchev–Trinajstić information content (AvgIpc) is 2.99. The van der Waals surface area contributed by atoms with Crippen molar-refractivity contribution in [2.45, 2.75) is 63.8 Å². The minimum atomic E-state index is 0.559.